The molecule has 2 aromatic rings. The number of amides is 1. The van der Waals surface area contributed by atoms with Crippen LogP contribution in [0.25, 0.3) is 0 Å². The summed E-state index contributed by atoms with van der Waals surface area (Å²) in [7, 11) is 0. The van der Waals surface area contributed by atoms with Crippen LogP contribution in [0.2, 0.25) is 0 Å². The smallest absolute Gasteiger partial charge is 0.307 e. The van der Waals surface area contributed by atoms with Crippen molar-refractivity contribution < 1.29 is 14.7 Å². The van der Waals surface area contributed by atoms with Gasteiger partial charge in [0.1, 0.15) is 0 Å². The number of nitrogens with zero attached hydrogens (tertiary/aromatic N) is 2. The summed E-state index contributed by atoms with van der Waals surface area (Å²) in [4.78, 5) is 30.2. The van der Waals surface area contributed by atoms with E-state index < -0.39 is 11.9 Å². The van der Waals surface area contributed by atoms with Gasteiger partial charge in [-0.15, -0.1) is 0 Å². The number of pyridine rings is 1. The number of aliphatic carboxylic acids is 1. The van der Waals surface area contributed by atoms with Crippen molar-refractivity contribution in [3.63, 3.8) is 0 Å². The number of nitrogens with one attached hydrogen (secondary N) is 1. The largest absolute Gasteiger partial charge is 0.481 e. The van der Waals surface area contributed by atoms with Crippen LogP contribution >= 0.6 is 0 Å². The summed E-state index contributed by atoms with van der Waals surface area (Å²) >= 11 is 0. The van der Waals surface area contributed by atoms with Crippen molar-refractivity contribution in [3.8, 4) is 0 Å². The first-order valence-electron chi connectivity index (χ1n) is 9.27. The molecule has 1 amide bonds. The highest BCUT2D eigenvalue weighted by molar-refractivity contribution is 5.80. The standard InChI is InChI=1S/C21H25N3O3/c25-20(23-13-17-6-9-22-10-7-17)18-12-19(21(26)27)15-24(14-18)11-8-16-4-2-1-3-5-16/h1-7,9-10,18-19H,8,11-15H2,(H,23,25)(H,26,27)/t18-,19+/m1/s1. The summed E-state index contributed by atoms with van der Waals surface area (Å²) in [6.07, 6.45) is 4.61. The number of rotatable bonds is 7. The van der Waals surface area contributed by atoms with Crippen molar-refractivity contribution in [2.75, 3.05) is 19.6 Å². The van der Waals surface area contributed by atoms with E-state index in [1.54, 1.807) is 12.4 Å². The summed E-state index contributed by atoms with van der Waals surface area (Å²) in [5, 5.41) is 12.4. The van der Waals surface area contributed by atoms with E-state index in [2.05, 4.69) is 27.3 Å². The third-order valence-electron chi connectivity index (χ3n) is 5.02. The molecule has 2 atom stereocenters. The van der Waals surface area contributed by atoms with Gasteiger partial charge in [-0.1, -0.05) is 30.3 Å². The predicted octanol–water partition coefficient (Wildman–Crippen LogP) is 1.96. The third kappa shape index (κ3) is 5.62. The molecule has 2 N–H and O–H groups in total. The molecule has 6 heteroatoms. The van der Waals surface area contributed by atoms with Gasteiger partial charge < -0.3 is 15.3 Å². The minimum atomic E-state index is -0.827. The van der Waals surface area contributed by atoms with Gasteiger partial charge in [-0.05, 0) is 36.1 Å². The fourth-order valence-electron chi connectivity index (χ4n) is 3.51. The molecule has 0 spiro atoms. The number of carboxylic acids is 1. The number of benzene rings is 1. The second kappa shape index (κ2) is 9.28. The van der Waals surface area contributed by atoms with Crippen LogP contribution in [-0.4, -0.2) is 46.5 Å². The van der Waals surface area contributed by atoms with Gasteiger partial charge >= 0.3 is 5.97 Å². The van der Waals surface area contributed by atoms with Gasteiger partial charge in [0, 0.05) is 38.6 Å². The lowest BCUT2D eigenvalue weighted by molar-refractivity contribution is -0.145. The number of piperidine rings is 1. The van der Waals surface area contributed by atoms with Crippen LogP contribution in [-0.2, 0) is 22.6 Å². The van der Waals surface area contributed by atoms with Crippen molar-refractivity contribution in [1.82, 2.24) is 15.2 Å². The Morgan fingerprint density at radius 2 is 1.74 bits per heavy atom. The molecule has 1 aromatic heterocycles. The molecule has 0 saturated carbocycles. The fraction of sp³-hybridized carbons (Fsp3) is 0.381. The molecule has 1 aliphatic rings. The van der Waals surface area contributed by atoms with Crippen molar-refractivity contribution in [2.45, 2.75) is 19.4 Å². The Bertz CT molecular complexity index is 752. The zero-order valence-electron chi connectivity index (χ0n) is 15.3. The number of hydrogen-bond donors (Lipinski definition) is 2. The maximum absolute atomic E-state index is 12.6. The van der Waals surface area contributed by atoms with Crippen LogP contribution in [0, 0.1) is 11.8 Å². The second-order valence-corrected chi connectivity index (χ2v) is 7.04. The molecular weight excluding hydrogens is 342 g/mol. The van der Waals surface area contributed by atoms with E-state index in [9.17, 15) is 14.7 Å². The first-order valence-corrected chi connectivity index (χ1v) is 9.27. The lowest BCUT2D eigenvalue weighted by Crippen LogP contribution is -2.48. The Labute approximate surface area is 159 Å². The van der Waals surface area contributed by atoms with Gasteiger partial charge in [0.15, 0.2) is 0 Å². The molecule has 6 nitrogen and oxygen atoms in total. The Morgan fingerprint density at radius 3 is 2.44 bits per heavy atom. The number of aromatic nitrogens is 1. The monoisotopic (exact) mass is 367 g/mol. The maximum atomic E-state index is 12.6. The summed E-state index contributed by atoms with van der Waals surface area (Å²) < 4.78 is 0. The zero-order valence-corrected chi connectivity index (χ0v) is 15.3. The highest BCUT2D eigenvalue weighted by Crippen LogP contribution is 2.23. The average Bonchev–Trinajstić information content (AvgIpc) is 2.71. The van der Waals surface area contributed by atoms with E-state index in [-0.39, 0.29) is 11.8 Å². The topological polar surface area (TPSA) is 82.5 Å². The van der Waals surface area contributed by atoms with Crippen LogP contribution in [0.5, 0.6) is 0 Å². The van der Waals surface area contributed by atoms with E-state index in [1.807, 2.05) is 30.3 Å². The molecule has 3 rings (SSSR count). The molecular formula is C21H25N3O3. The first-order chi connectivity index (χ1) is 13.1. The minimum absolute atomic E-state index is 0.0810. The molecule has 27 heavy (non-hydrogen) atoms. The van der Waals surface area contributed by atoms with E-state index in [0.717, 1.165) is 18.5 Å². The van der Waals surface area contributed by atoms with Gasteiger partial charge in [-0.3, -0.25) is 14.6 Å². The highest BCUT2D eigenvalue weighted by atomic mass is 16.4. The van der Waals surface area contributed by atoms with Crippen molar-refractivity contribution in [2.24, 2.45) is 11.8 Å². The summed E-state index contributed by atoms with van der Waals surface area (Å²) in [5.74, 6) is -1.72. The lowest BCUT2D eigenvalue weighted by atomic mass is 9.88. The molecule has 2 heterocycles. The van der Waals surface area contributed by atoms with Crippen LogP contribution in [0.4, 0.5) is 0 Å². The number of carboxylic acid groups (broad SMARTS) is 1. The van der Waals surface area contributed by atoms with Crippen molar-refractivity contribution >= 4 is 11.9 Å². The number of carbonyl (C=O) groups excluding carboxylic acids is 1. The Hall–Kier alpha value is -2.73. The normalized spacial score (nSPS) is 20.1. The van der Waals surface area contributed by atoms with Gasteiger partial charge in [-0.2, -0.15) is 0 Å². The van der Waals surface area contributed by atoms with Crippen LogP contribution < -0.4 is 5.32 Å². The highest BCUT2D eigenvalue weighted by Gasteiger charge is 2.34. The summed E-state index contributed by atoms with van der Waals surface area (Å²) in [6, 6.07) is 13.8. The van der Waals surface area contributed by atoms with Crippen molar-refractivity contribution in [3.05, 3.63) is 66.0 Å². The van der Waals surface area contributed by atoms with Crippen LogP contribution in [0.1, 0.15) is 17.5 Å². The summed E-state index contributed by atoms with van der Waals surface area (Å²) in [5.41, 5.74) is 2.19. The minimum Gasteiger partial charge on any atom is -0.481 e. The Morgan fingerprint density at radius 1 is 1.04 bits per heavy atom. The molecule has 1 aliphatic heterocycles. The predicted molar refractivity (Wildman–Crippen MR) is 102 cm³/mol. The Balaban J connectivity index is 1.58. The molecule has 0 bridgehead atoms. The summed E-state index contributed by atoms with van der Waals surface area (Å²) in [6.45, 7) is 2.27. The SMILES string of the molecule is O=C(O)[C@H]1C[C@@H](C(=O)NCc2ccncc2)CN(CCc2ccccc2)C1. The molecule has 1 saturated heterocycles. The molecule has 1 fully saturated rings. The quantitative estimate of drug-likeness (QED) is 0.782. The fourth-order valence-corrected chi connectivity index (χ4v) is 3.51. The maximum Gasteiger partial charge on any atom is 0.307 e. The number of likely N-dealkylation sites (tertiary alicyclic amines) is 1. The second-order valence-electron chi connectivity index (χ2n) is 7.04. The van der Waals surface area contributed by atoms with E-state index in [4.69, 9.17) is 0 Å². The van der Waals surface area contributed by atoms with E-state index >= 15 is 0 Å². The molecule has 0 unspecified atom stereocenters. The van der Waals surface area contributed by atoms with E-state index in [1.165, 1.54) is 5.56 Å². The van der Waals surface area contributed by atoms with Crippen LogP contribution in [0.3, 0.4) is 0 Å². The zero-order chi connectivity index (χ0) is 19.1. The lowest BCUT2D eigenvalue weighted by Gasteiger charge is -2.35. The molecule has 142 valence electrons. The van der Waals surface area contributed by atoms with Gasteiger partial charge in [0.05, 0.1) is 11.8 Å². The van der Waals surface area contributed by atoms with Crippen molar-refractivity contribution in [1.29, 1.82) is 0 Å². The van der Waals surface area contributed by atoms with Gasteiger partial charge in [0.2, 0.25) is 5.91 Å². The molecule has 1 aromatic carbocycles. The molecule has 0 aliphatic carbocycles. The van der Waals surface area contributed by atoms with E-state index in [0.29, 0.717) is 26.1 Å². The Kier molecular flexibility index (Phi) is 6.54. The van der Waals surface area contributed by atoms with Gasteiger partial charge in [-0.25, -0.2) is 0 Å². The molecule has 0 radical (unpaired) electrons. The average molecular weight is 367 g/mol. The van der Waals surface area contributed by atoms with Gasteiger partial charge in [0.25, 0.3) is 0 Å². The van der Waals surface area contributed by atoms with Crippen LogP contribution in [0.15, 0.2) is 54.9 Å². The first kappa shape index (κ1) is 19.0. The number of carbonyl (C=O) groups is 2. The number of hydrogen-bond acceptors (Lipinski definition) is 4. The third-order valence-corrected chi connectivity index (χ3v) is 5.02.